The second kappa shape index (κ2) is 7.06. The summed E-state index contributed by atoms with van der Waals surface area (Å²) in [6.45, 7) is 0.175. The SMILES string of the molecule is CCCOc1ccc(CNC)c(OC(F)F)c1. The fourth-order valence-corrected chi connectivity index (χ4v) is 1.39. The van der Waals surface area contributed by atoms with Crippen LogP contribution in [0.1, 0.15) is 18.9 Å². The summed E-state index contributed by atoms with van der Waals surface area (Å²) >= 11 is 0. The van der Waals surface area contributed by atoms with Crippen molar-refractivity contribution in [2.24, 2.45) is 0 Å². The molecule has 0 heterocycles. The Bertz CT molecular complexity index is 345. The lowest BCUT2D eigenvalue weighted by atomic mass is 10.2. The minimum Gasteiger partial charge on any atom is -0.493 e. The van der Waals surface area contributed by atoms with Crippen LogP contribution in [0, 0.1) is 0 Å². The molecule has 17 heavy (non-hydrogen) atoms. The molecular formula is C12H17F2NO2. The monoisotopic (exact) mass is 245 g/mol. The highest BCUT2D eigenvalue weighted by Gasteiger charge is 2.10. The summed E-state index contributed by atoms with van der Waals surface area (Å²) in [6, 6.07) is 4.97. The van der Waals surface area contributed by atoms with Crippen molar-refractivity contribution < 1.29 is 18.3 Å². The van der Waals surface area contributed by atoms with E-state index in [0.717, 1.165) is 6.42 Å². The van der Waals surface area contributed by atoms with E-state index in [1.165, 1.54) is 6.07 Å². The predicted octanol–water partition coefficient (Wildman–Crippen LogP) is 2.80. The molecule has 0 amide bonds. The molecule has 0 aromatic heterocycles. The summed E-state index contributed by atoms with van der Waals surface area (Å²) in [7, 11) is 1.74. The van der Waals surface area contributed by atoms with Crippen molar-refractivity contribution in [1.82, 2.24) is 5.32 Å². The van der Waals surface area contributed by atoms with Crippen molar-refractivity contribution in [2.75, 3.05) is 13.7 Å². The van der Waals surface area contributed by atoms with Gasteiger partial charge in [-0.25, -0.2) is 0 Å². The number of halogens is 2. The molecule has 0 saturated carbocycles. The normalized spacial score (nSPS) is 10.6. The second-order valence-corrected chi connectivity index (χ2v) is 3.53. The quantitative estimate of drug-likeness (QED) is 0.801. The van der Waals surface area contributed by atoms with Gasteiger partial charge >= 0.3 is 6.61 Å². The zero-order valence-electron chi connectivity index (χ0n) is 10.0. The van der Waals surface area contributed by atoms with Gasteiger partial charge < -0.3 is 14.8 Å². The maximum absolute atomic E-state index is 12.2. The second-order valence-electron chi connectivity index (χ2n) is 3.53. The lowest BCUT2D eigenvalue weighted by Gasteiger charge is -2.12. The van der Waals surface area contributed by atoms with Crippen LogP contribution in [-0.2, 0) is 6.54 Å². The van der Waals surface area contributed by atoms with Gasteiger partial charge in [0.05, 0.1) is 6.61 Å². The molecule has 96 valence electrons. The smallest absolute Gasteiger partial charge is 0.387 e. The van der Waals surface area contributed by atoms with Crippen LogP contribution in [0.2, 0.25) is 0 Å². The highest BCUT2D eigenvalue weighted by molar-refractivity contribution is 5.40. The number of benzene rings is 1. The largest absolute Gasteiger partial charge is 0.493 e. The van der Waals surface area contributed by atoms with E-state index >= 15 is 0 Å². The van der Waals surface area contributed by atoms with E-state index in [1.807, 2.05) is 6.92 Å². The molecule has 0 atom stereocenters. The van der Waals surface area contributed by atoms with Gasteiger partial charge in [0.2, 0.25) is 0 Å². The van der Waals surface area contributed by atoms with Gasteiger partial charge in [0.25, 0.3) is 0 Å². The Morgan fingerprint density at radius 1 is 1.35 bits per heavy atom. The van der Waals surface area contributed by atoms with E-state index in [-0.39, 0.29) is 5.75 Å². The lowest BCUT2D eigenvalue weighted by Crippen LogP contribution is -2.10. The Kier molecular flexibility index (Phi) is 5.69. The molecule has 0 aliphatic heterocycles. The highest BCUT2D eigenvalue weighted by Crippen LogP contribution is 2.26. The minimum absolute atomic E-state index is 0.156. The zero-order valence-corrected chi connectivity index (χ0v) is 10.0. The first-order valence-electron chi connectivity index (χ1n) is 5.52. The van der Waals surface area contributed by atoms with Crippen molar-refractivity contribution in [3.05, 3.63) is 23.8 Å². The summed E-state index contributed by atoms with van der Waals surface area (Å²) < 4.78 is 34.3. The summed E-state index contributed by atoms with van der Waals surface area (Å²) in [4.78, 5) is 0. The number of ether oxygens (including phenoxy) is 2. The van der Waals surface area contributed by atoms with E-state index in [9.17, 15) is 8.78 Å². The average Bonchev–Trinajstić information content (AvgIpc) is 2.29. The topological polar surface area (TPSA) is 30.5 Å². The molecule has 0 aliphatic rings. The molecule has 1 rings (SSSR count). The summed E-state index contributed by atoms with van der Waals surface area (Å²) in [6.07, 6.45) is 0.864. The van der Waals surface area contributed by atoms with Gasteiger partial charge in [-0.3, -0.25) is 0 Å². The Labute approximate surface area is 99.7 Å². The number of nitrogens with one attached hydrogen (secondary N) is 1. The van der Waals surface area contributed by atoms with Crippen LogP contribution in [0.4, 0.5) is 8.78 Å². The maximum atomic E-state index is 12.2. The summed E-state index contributed by atoms with van der Waals surface area (Å²) in [5, 5.41) is 2.89. The van der Waals surface area contributed by atoms with E-state index in [0.29, 0.717) is 24.5 Å². The molecule has 0 spiro atoms. The minimum atomic E-state index is -2.83. The number of alkyl halides is 2. The van der Waals surface area contributed by atoms with Crippen molar-refractivity contribution in [3.8, 4) is 11.5 Å². The summed E-state index contributed by atoms with van der Waals surface area (Å²) in [5.74, 6) is 0.699. The van der Waals surface area contributed by atoms with E-state index in [4.69, 9.17) is 4.74 Å². The highest BCUT2D eigenvalue weighted by atomic mass is 19.3. The third-order valence-corrected chi connectivity index (χ3v) is 2.09. The van der Waals surface area contributed by atoms with Gasteiger partial charge in [0.1, 0.15) is 11.5 Å². The van der Waals surface area contributed by atoms with Crippen LogP contribution in [0.5, 0.6) is 11.5 Å². The Balaban J connectivity index is 2.84. The Hall–Kier alpha value is -1.36. The lowest BCUT2D eigenvalue weighted by molar-refractivity contribution is -0.0505. The first-order valence-corrected chi connectivity index (χ1v) is 5.52. The Morgan fingerprint density at radius 3 is 2.71 bits per heavy atom. The van der Waals surface area contributed by atoms with Crippen molar-refractivity contribution in [1.29, 1.82) is 0 Å². The first kappa shape index (κ1) is 13.7. The average molecular weight is 245 g/mol. The van der Waals surface area contributed by atoms with Crippen LogP contribution in [-0.4, -0.2) is 20.3 Å². The molecule has 5 heteroatoms. The van der Waals surface area contributed by atoms with Gasteiger partial charge in [-0.05, 0) is 19.5 Å². The molecule has 0 bridgehead atoms. The molecule has 0 unspecified atom stereocenters. The first-order chi connectivity index (χ1) is 8.17. The van der Waals surface area contributed by atoms with Crippen LogP contribution in [0.25, 0.3) is 0 Å². The molecule has 3 nitrogen and oxygen atoms in total. The van der Waals surface area contributed by atoms with Gasteiger partial charge in [-0.15, -0.1) is 0 Å². The standard InChI is InChI=1S/C12H17F2NO2/c1-3-6-16-10-5-4-9(8-15-2)11(7-10)17-12(13)14/h4-5,7,12,15H,3,6,8H2,1-2H3. The molecule has 1 aromatic carbocycles. The molecule has 1 N–H and O–H groups in total. The van der Waals surface area contributed by atoms with Crippen LogP contribution in [0.3, 0.4) is 0 Å². The van der Waals surface area contributed by atoms with Gasteiger partial charge in [-0.2, -0.15) is 8.78 Å². The van der Waals surface area contributed by atoms with Crippen LogP contribution in [0.15, 0.2) is 18.2 Å². The molecule has 0 aliphatic carbocycles. The van der Waals surface area contributed by atoms with Gasteiger partial charge in [0.15, 0.2) is 0 Å². The summed E-state index contributed by atoms with van der Waals surface area (Å²) in [5.41, 5.74) is 0.677. The number of rotatable bonds is 7. The van der Waals surface area contributed by atoms with E-state index < -0.39 is 6.61 Å². The van der Waals surface area contributed by atoms with Crippen LogP contribution < -0.4 is 14.8 Å². The van der Waals surface area contributed by atoms with Gasteiger partial charge in [0, 0.05) is 18.2 Å². The van der Waals surface area contributed by atoms with Gasteiger partial charge in [-0.1, -0.05) is 13.0 Å². The third-order valence-electron chi connectivity index (χ3n) is 2.09. The molecule has 0 fully saturated rings. The van der Waals surface area contributed by atoms with Crippen LogP contribution >= 0.6 is 0 Å². The Morgan fingerprint density at radius 2 is 2.12 bits per heavy atom. The fraction of sp³-hybridized carbons (Fsp3) is 0.500. The molecule has 0 radical (unpaired) electrons. The fourth-order valence-electron chi connectivity index (χ4n) is 1.39. The maximum Gasteiger partial charge on any atom is 0.387 e. The van der Waals surface area contributed by atoms with E-state index in [1.54, 1.807) is 19.2 Å². The molecular weight excluding hydrogens is 228 g/mol. The zero-order chi connectivity index (χ0) is 12.7. The molecule has 1 aromatic rings. The number of hydrogen-bond acceptors (Lipinski definition) is 3. The predicted molar refractivity (Wildman–Crippen MR) is 61.6 cm³/mol. The van der Waals surface area contributed by atoms with Crippen molar-refractivity contribution in [3.63, 3.8) is 0 Å². The van der Waals surface area contributed by atoms with E-state index in [2.05, 4.69) is 10.1 Å². The van der Waals surface area contributed by atoms with Crippen molar-refractivity contribution >= 4 is 0 Å². The third kappa shape index (κ3) is 4.56. The number of hydrogen-bond donors (Lipinski definition) is 1. The van der Waals surface area contributed by atoms with Crippen molar-refractivity contribution in [2.45, 2.75) is 26.5 Å². The molecule has 0 saturated heterocycles.